The van der Waals surface area contributed by atoms with Crippen LogP contribution in [0.1, 0.15) is 16.7 Å². The van der Waals surface area contributed by atoms with E-state index in [1.807, 2.05) is 36.4 Å². The number of benzene rings is 4. The summed E-state index contributed by atoms with van der Waals surface area (Å²) in [7, 11) is 0. The molecule has 4 aromatic carbocycles. The molecule has 298 valence electrons. The molecule has 0 spiro atoms. The Morgan fingerprint density at radius 3 is 1.95 bits per heavy atom. The number of carbonyl (C=O) groups is 4. The van der Waals surface area contributed by atoms with Gasteiger partial charge < -0.3 is 35.7 Å². The van der Waals surface area contributed by atoms with Gasteiger partial charge in [0.15, 0.2) is 6.04 Å². The van der Waals surface area contributed by atoms with E-state index in [9.17, 15) is 29.4 Å². The number of rotatable bonds is 15. The molecule has 18 heteroatoms. The van der Waals surface area contributed by atoms with E-state index in [4.69, 9.17) is 19.2 Å². The van der Waals surface area contributed by atoms with Crippen LogP contribution < -0.4 is 31.6 Å². The van der Waals surface area contributed by atoms with E-state index in [2.05, 4.69) is 64.8 Å². The summed E-state index contributed by atoms with van der Waals surface area (Å²) in [6.07, 6.45) is -1.09. The number of ether oxygens (including phenoxy) is 1. The number of phenolic OH excluding ortho intramolecular Hbond substituents is 1. The van der Waals surface area contributed by atoms with Gasteiger partial charge in [0.05, 0.1) is 13.1 Å². The van der Waals surface area contributed by atoms with Crippen LogP contribution in [0.15, 0.2) is 112 Å². The van der Waals surface area contributed by atoms with E-state index in [-0.39, 0.29) is 36.7 Å². The molecule has 2 heterocycles. The molecule has 0 saturated carbocycles. The van der Waals surface area contributed by atoms with E-state index in [1.54, 1.807) is 36.4 Å². The van der Waals surface area contributed by atoms with E-state index in [0.29, 0.717) is 32.7 Å². The molecule has 16 nitrogen and oxygen atoms in total. The molecule has 7 N–H and O–H groups in total. The zero-order chi connectivity index (χ0) is 40.3. The quantitative estimate of drug-likeness (QED) is 0.0636. The second kappa shape index (κ2) is 19.4. The van der Waals surface area contributed by atoms with Crippen LogP contribution in [0.2, 0.25) is 0 Å². The van der Waals surface area contributed by atoms with Crippen LogP contribution in [-0.2, 0) is 43.6 Å². The Balaban J connectivity index is 1.14. The Kier molecular flexibility index (Phi) is 13.9. The van der Waals surface area contributed by atoms with E-state index in [1.165, 1.54) is 24.3 Å². The van der Waals surface area contributed by atoms with E-state index in [0.717, 1.165) is 16.3 Å². The van der Waals surface area contributed by atoms with Crippen LogP contribution in [0.5, 0.6) is 11.5 Å². The topological polar surface area (TPSA) is 209 Å². The Morgan fingerprint density at radius 1 is 0.754 bits per heavy atom. The molecule has 0 radical (unpaired) electrons. The summed E-state index contributed by atoms with van der Waals surface area (Å²) < 4.78 is 7.14. The molecule has 0 aliphatic carbocycles. The van der Waals surface area contributed by atoms with Crippen LogP contribution in [0, 0.1) is 0 Å². The van der Waals surface area contributed by atoms with Gasteiger partial charge in [0.25, 0.3) is 0 Å². The average molecular weight is 911 g/mol. The van der Waals surface area contributed by atoms with Gasteiger partial charge in [-0.3, -0.25) is 30.2 Å². The summed E-state index contributed by atoms with van der Waals surface area (Å²) in [6, 6.07) is 24.0. The normalized spacial score (nSPS) is 16.9. The summed E-state index contributed by atoms with van der Waals surface area (Å²) in [6.45, 7) is 0.323. The summed E-state index contributed by atoms with van der Waals surface area (Å²) in [5, 5.41) is 30.2. The fraction of sp³-hybridized carbons (Fsp3) is 0.231. The number of carboxylic acid groups (broad SMARTS) is 1. The van der Waals surface area contributed by atoms with E-state index < -0.39 is 48.3 Å². The van der Waals surface area contributed by atoms with Crippen LogP contribution in [-0.4, -0.2) is 76.7 Å². The molecule has 0 fully saturated rings. The first kappa shape index (κ1) is 40.8. The molecule has 2 aliphatic heterocycles. The van der Waals surface area contributed by atoms with Crippen molar-refractivity contribution >= 4 is 66.6 Å². The highest BCUT2D eigenvalue weighted by Gasteiger charge is 2.35. The van der Waals surface area contributed by atoms with Crippen molar-refractivity contribution in [2.45, 2.75) is 43.7 Å². The van der Waals surface area contributed by atoms with Gasteiger partial charge in [-0.15, -0.1) is 5.06 Å². The largest absolute Gasteiger partial charge is 0.508 e. The van der Waals surface area contributed by atoms with Crippen molar-refractivity contribution in [1.29, 1.82) is 0 Å². The van der Waals surface area contributed by atoms with Crippen LogP contribution in [0.3, 0.4) is 0 Å². The molecule has 4 atom stereocenters. The first-order chi connectivity index (χ1) is 27.5. The summed E-state index contributed by atoms with van der Waals surface area (Å²) in [4.78, 5) is 69.0. The second-order valence-electron chi connectivity index (χ2n) is 12.9. The van der Waals surface area contributed by atoms with Crippen molar-refractivity contribution in [3.8, 4) is 11.5 Å². The fourth-order valence-corrected chi connectivity index (χ4v) is 6.64. The molecular weight excluding hydrogens is 872 g/mol. The van der Waals surface area contributed by atoms with Crippen molar-refractivity contribution in [3.63, 3.8) is 0 Å². The molecular formula is C39H38Br2N6O10. The zero-order valence-electron chi connectivity index (χ0n) is 30.0. The number of amides is 4. The second-order valence-corrected chi connectivity index (χ2v) is 14.6. The third kappa shape index (κ3) is 11.8. The molecule has 57 heavy (non-hydrogen) atoms. The molecule has 2 aliphatic rings. The number of aromatic hydroxyl groups is 1. The van der Waals surface area contributed by atoms with Crippen LogP contribution >= 0.6 is 31.9 Å². The number of hydroxylamine groups is 4. The third-order valence-corrected chi connectivity index (χ3v) is 9.60. The molecule has 4 aromatic rings. The van der Waals surface area contributed by atoms with Crippen molar-refractivity contribution < 1.29 is 48.6 Å². The van der Waals surface area contributed by atoms with Gasteiger partial charge in [-0.05, 0) is 102 Å². The van der Waals surface area contributed by atoms with Gasteiger partial charge in [-0.2, -0.15) is 0 Å². The highest BCUT2D eigenvalue weighted by Crippen LogP contribution is 2.20. The number of nitrogens with zero attached hydrogens (tertiary/aromatic N) is 1. The van der Waals surface area contributed by atoms with Gasteiger partial charge in [0, 0.05) is 12.8 Å². The van der Waals surface area contributed by atoms with Gasteiger partial charge in [0.1, 0.15) is 45.6 Å². The lowest BCUT2D eigenvalue weighted by Gasteiger charge is -2.28. The summed E-state index contributed by atoms with van der Waals surface area (Å²) >= 11 is 6.49. The standard InChI is InChI=1S/C39H38Br2N6O10/c40-34-18-30(55-45-34)20-42-36(49)32(16-23-8-13-29(14-9-23)54-22-25-5-10-26-3-1-2-4-27(26)15-25)44-38(51)57-47(39(52)53)33(17-24-6-11-28(48)12-7-24)37(50)43-21-31-19-35(41)46-56-31/h1-15,18-19,30-33,45-46,48H,16-17,20-22H2,(H,42,49)(H,43,50)(H,44,51)(H,52,53). The molecule has 6 rings (SSSR count). The summed E-state index contributed by atoms with van der Waals surface area (Å²) in [5.74, 6) is -0.883. The molecule has 4 unspecified atom stereocenters. The lowest BCUT2D eigenvalue weighted by Crippen LogP contribution is -2.55. The van der Waals surface area contributed by atoms with Crippen molar-refractivity contribution in [3.05, 3.63) is 129 Å². The maximum Gasteiger partial charge on any atom is 0.441 e. The number of nitrogens with one attached hydrogen (secondary N) is 5. The molecule has 0 bridgehead atoms. The van der Waals surface area contributed by atoms with Gasteiger partial charge in [-0.25, -0.2) is 9.59 Å². The van der Waals surface area contributed by atoms with Gasteiger partial charge >= 0.3 is 12.2 Å². The van der Waals surface area contributed by atoms with Crippen molar-refractivity contribution in [2.75, 3.05) is 13.1 Å². The van der Waals surface area contributed by atoms with Crippen LogP contribution in [0.4, 0.5) is 9.59 Å². The predicted octanol–water partition coefficient (Wildman–Crippen LogP) is 4.78. The summed E-state index contributed by atoms with van der Waals surface area (Å²) in [5.41, 5.74) is 7.31. The minimum absolute atomic E-state index is 0.0296. The minimum atomic E-state index is -1.76. The number of hydrogen-bond donors (Lipinski definition) is 7. The zero-order valence-corrected chi connectivity index (χ0v) is 33.2. The minimum Gasteiger partial charge on any atom is -0.508 e. The Bertz CT molecular complexity index is 2140. The van der Waals surface area contributed by atoms with Gasteiger partial charge in [-0.1, -0.05) is 60.7 Å². The Labute approximate surface area is 343 Å². The SMILES string of the molecule is O=C(NC(Cc1ccc(OCc2ccc3ccccc3c2)cc1)C(=O)NCC1C=C(Br)NO1)ON(C(=O)O)C(Cc1ccc(O)cc1)C(=O)NCC1C=C(Br)NO1. The molecule has 4 amide bonds. The third-order valence-electron chi connectivity index (χ3n) is 8.75. The lowest BCUT2D eigenvalue weighted by molar-refractivity contribution is -0.146. The number of halogens is 2. The number of fused-ring (bicyclic) bond motifs is 1. The number of carbonyl (C=O) groups excluding carboxylic acids is 3. The number of phenols is 1. The molecule has 0 saturated heterocycles. The van der Waals surface area contributed by atoms with Crippen molar-refractivity contribution in [1.82, 2.24) is 32.0 Å². The lowest BCUT2D eigenvalue weighted by atomic mass is 10.0. The van der Waals surface area contributed by atoms with Crippen molar-refractivity contribution in [2.24, 2.45) is 0 Å². The molecule has 0 aromatic heterocycles. The first-order valence-corrected chi connectivity index (χ1v) is 19.2. The smallest absolute Gasteiger partial charge is 0.441 e. The highest BCUT2D eigenvalue weighted by atomic mass is 79.9. The predicted molar refractivity (Wildman–Crippen MR) is 213 cm³/mol. The first-order valence-electron chi connectivity index (χ1n) is 17.6. The highest BCUT2D eigenvalue weighted by molar-refractivity contribution is 9.12. The maximum atomic E-state index is 13.6. The van der Waals surface area contributed by atoms with Gasteiger partial charge in [0.2, 0.25) is 11.8 Å². The van der Waals surface area contributed by atoms with Crippen LogP contribution in [0.25, 0.3) is 10.8 Å². The monoisotopic (exact) mass is 908 g/mol. The van der Waals surface area contributed by atoms with E-state index >= 15 is 0 Å². The number of hydrogen-bond acceptors (Lipinski definition) is 11. The Hall–Kier alpha value is -5.82. The maximum absolute atomic E-state index is 13.6. The fourth-order valence-electron chi connectivity index (χ4n) is 5.86. The average Bonchev–Trinajstić information content (AvgIpc) is 3.83. The Morgan fingerprint density at radius 2 is 1.33 bits per heavy atom.